The molecule has 0 aromatic heterocycles. The zero-order valence-corrected chi connectivity index (χ0v) is 15.7. The Morgan fingerprint density at radius 1 is 1.20 bits per heavy atom. The molecule has 0 aromatic rings. The van der Waals surface area contributed by atoms with Gasteiger partial charge >= 0.3 is 5.97 Å². The van der Waals surface area contributed by atoms with Gasteiger partial charge in [-0.25, -0.2) is 9.78 Å². The second kappa shape index (κ2) is 10.8. The molecular weight excluding hydrogens is 316 g/mol. The predicted octanol–water partition coefficient (Wildman–Crippen LogP) is 5.30. The average molecular weight is 350 g/mol. The maximum Gasteiger partial charge on any atom is 0.303 e. The van der Waals surface area contributed by atoms with Crippen molar-refractivity contribution in [3.05, 3.63) is 24.3 Å². The minimum absolute atomic E-state index is 0.203. The number of carboxylic acids is 1. The van der Waals surface area contributed by atoms with Crippen molar-refractivity contribution in [2.24, 2.45) is 17.8 Å². The molecule has 1 heterocycles. The van der Waals surface area contributed by atoms with Crippen LogP contribution in [0.4, 0.5) is 0 Å². The summed E-state index contributed by atoms with van der Waals surface area (Å²) < 4.78 is 0. The molecule has 2 bridgehead atoms. The van der Waals surface area contributed by atoms with E-state index in [1.54, 1.807) is 0 Å². The van der Waals surface area contributed by atoms with E-state index in [0.29, 0.717) is 24.2 Å². The van der Waals surface area contributed by atoms with Crippen LogP contribution in [0, 0.1) is 17.8 Å². The number of allylic oxidation sites excluding steroid dienone is 3. The Labute approximate surface area is 152 Å². The molecule has 1 saturated heterocycles. The van der Waals surface area contributed by atoms with Crippen molar-refractivity contribution in [1.29, 1.82) is 0 Å². The number of hydrogen-bond donors (Lipinski definition) is 1. The Hall–Kier alpha value is -1.13. The first-order chi connectivity index (χ1) is 12.1. The third-order valence-corrected chi connectivity index (χ3v) is 5.43. The number of rotatable bonds is 12. The number of unbranched alkanes of at least 4 members (excludes halogenated alkanes) is 3. The summed E-state index contributed by atoms with van der Waals surface area (Å²) in [5.41, 5.74) is 0. The van der Waals surface area contributed by atoms with Crippen molar-refractivity contribution in [1.82, 2.24) is 0 Å². The van der Waals surface area contributed by atoms with Crippen LogP contribution in [-0.4, -0.2) is 23.3 Å². The van der Waals surface area contributed by atoms with Crippen molar-refractivity contribution in [3.63, 3.8) is 0 Å². The van der Waals surface area contributed by atoms with Crippen LogP contribution in [0.5, 0.6) is 0 Å². The standard InChI is InChI=1S/C21H34O4/c1-3-4-7-10-16(2)13-14-18-17(19-15-20(18)25-24-19)11-8-5-6-9-12-21(22)23/h5,8,13-14,16-20H,3-4,6-7,9-12,15H2,1-2H3,(H,22,23)/b8-5-,14-13+/t16?,17-,18-,19?,20?/m1/s1. The third kappa shape index (κ3) is 6.59. The van der Waals surface area contributed by atoms with Crippen LogP contribution >= 0.6 is 0 Å². The lowest BCUT2D eigenvalue weighted by atomic mass is 9.88. The van der Waals surface area contributed by atoms with E-state index in [2.05, 4.69) is 38.2 Å². The molecule has 1 saturated carbocycles. The molecule has 0 aromatic carbocycles. The van der Waals surface area contributed by atoms with Gasteiger partial charge in [0.1, 0.15) is 6.10 Å². The Morgan fingerprint density at radius 2 is 2.00 bits per heavy atom. The summed E-state index contributed by atoms with van der Waals surface area (Å²) in [6, 6.07) is 0. The summed E-state index contributed by atoms with van der Waals surface area (Å²) in [5.74, 6) is 0.828. The van der Waals surface area contributed by atoms with Crippen molar-refractivity contribution < 1.29 is 19.7 Å². The molecule has 2 aliphatic rings. The quantitative estimate of drug-likeness (QED) is 0.295. The number of hydrogen-bond acceptors (Lipinski definition) is 3. The van der Waals surface area contributed by atoms with Gasteiger partial charge in [-0.3, -0.25) is 4.79 Å². The molecule has 1 aliphatic carbocycles. The zero-order valence-electron chi connectivity index (χ0n) is 15.7. The molecule has 4 heteroatoms. The van der Waals surface area contributed by atoms with Gasteiger partial charge in [-0.2, -0.15) is 0 Å². The Kier molecular flexibility index (Phi) is 8.70. The van der Waals surface area contributed by atoms with Crippen molar-refractivity contribution >= 4 is 5.97 Å². The second-order valence-electron chi connectivity index (χ2n) is 7.60. The second-order valence-corrected chi connectivity index (χ2v) is 7.60. The van der Waals surface area contributed by atoms with E-state index >= 15 is 0 Å². The summed E-state index contributed by atoms with van der Waals surface area (Å²) in [4.78, 5) is 21.4. The topological polar surface area (TPSA) is 55.8 Å². The third-order valence-electron chi connectivity index (χ3n) is 5.43. The molecule has 5 atom stereocenters. The van der Waals surface area contributed by atoms with E-state index in [1.807, 2.05) is 0 Å². The lowest BCUT2D eigenvalue weighted by molar-refractivity contribution is -0.336. The minimum atomic E-state index is -0.717. The van der Waals surface area contributed by atoms with E-state index in [9.17, 15) is 4.79 Å². The fourth-order valence-electron chi connectivity index (χ4n) is 3.89. The molecule has 4 nitrogen and oxygen atoms in total. The normalized spacial score (nSPS) is 29.8. The van der Waals surface area contributed by atoms with Gasteiger partial charge in [0, 0.05) is 24.7 Å². The van der Waals surface area contributed by atoms with Crippen molar-refractivity contribution in [2.75, 3.05) is 0 Å². The highest BCUT2D eigenvalue weighted by atomic mass is 17.2. The highest BCUT2D eigenvalue weighted by molar-refractivity contribution is 5.66. The van der Waals surface area contributed by atoms with E-state index < -0.39 is 5.97 Å². The van der Waals surface area contributed by atoms with E-state index in [4.69, 9.17) is 14.9 Å². The Morgan fingerprint density at radius 3 is 2.76 bits per heavy atom. The lowest BCUT2D eigenvalue weighted by Gasteiger charge is -2.27. The van der Waals surface area contributed by atoms with Crippen LogP contribution in [0.25, 0.3) is 0 Å². The molecule has 142 valence electrons. The fraction of sp³-hybridized carbons (Fsp3) is 0.762. The maximum absolute atomic E-state index is 10.5. The van der Waals surface area contributed by atoms with Crippen LogP contribution in [0.1, 0.15) is 71.6 Å². The van der Waals surface area contributed by atoms with Crippen LogP contribution in [0.3, 0.4) is 0 Å². The monoisotopic (exact) mass is 350 g/mol. The molecule has 0 amide bonds. The molecule has 0 radical (unpaired) electrons. The summed E-state index contributed by atoms with van der Waals surface area (Å²) in [6.45, 7) is 4.54. The van der Waals surface area contributed by atoms with E-state index in [-0.39, 0.29) is 18.6 Å². The first kappa shape index (κ1) is 20.2. The van der Waals surface area contributed by atoms with Gasteiger partial charge in [0.2, 0.25) is 0 Å². The van der Waals surface area contributed by atoms with Gasteiger partial charge < -0.3 is 5.11 Å². The van der Waals surface area contributed by atoms with Gasteiger partial charge in [0.05, 0.1) is 6.10 Å². The summed E-state index contributed by atoms with van der Waals surface area (Å²) in [6.07, 6.45) is 18.4. The van der Waals surface area contributed by atoms with Crippen molar-refractivity contribution in [2.45, 2.75) is 83.8 Å². The molecule has 0 spiro atoms. The minimum Gasteiger partial charge on any atom is -0.481 e. The van der Waals surface area contributed by atoms with Gasteiger partial charge in [-0.1, -0.05) is 57.4 Å². The predicted molar refractivity (Wildman–Crippen MR) is 99.0 cm³/mol. The largest absolute Gasteiger partial charge is 0.481 e. The number of carboxylic acid groups (broad SMARTS) is 1. The van der Waals surface area contributed by atoms with E-state index in [1.165, 1.54) is 25.7 Å². The van der Waals surface area contributed by atoms with Gasteiger partial charge in [-0.15, -0.1) is 0 Å². The number of fused-ring (bicyclic) bond motifs is 2. The van der Waals surface area contributed by atoms with E-state index in [0.717, 1.165) is 19.3 Å². The first-order valence-electron chi connectivity index (χ1n) is 9.99. The molecule has 2 fully saturated rings. The molecule has 1 aliphatic heterocycles. The molecule has 3 unspecified atom stereocenters. The van der Waals surface area contributed by atoms with Gasteiger partial charge in [0.15, 0.2) is 0 Å². The molecule has 25 heavy (non-hydrogen) atoms. The van der Waals surface area contributed by atoms with Crippen LogP contribution < -0.4 is 0 Å². The number of aliphatic carboxylic acids is 1. The maximum atomic E-state index is 10.5. The van der Waals surface area contributed by atoms with Crippen LogP contribution in [0.2, 0.25) is 0 Å². The highest BCUT2D eigenvalue weighted by Crippen LogP contribution is 2.45. The molecule has 1 N–H and O–H groups in total. The lowest BCUT2D eigenvalue weighted by Crippen LogP contribution is -2.28. The SMILES string of the molecule is CCCCCC(C)/C=C/[C@H]1C2CC(OO2)[C@@H]1C/C=C\CCCC(=O)O. The molecule has 2 rings (SSSR count). The van der Waals surface area contributed by atoms with Crippen LogP contribution in [0.15, 0.2) is 24.3 Å². The summed E-state index contributed by atoms with van der Waals surface area (Å²) in [7, 11) is 0. The first-order valence-corrected chi connectivity index (χ1v) is 9.99. The fourth-order valence-corrected chi connectivity index (χ4v) is 3.89. The summed E-state index contributed by atoms with van der Waals surface area (Å²) >= 11 is 0. The Bertz CT molecular complexity index is 457. The van der Waals surface area contributed by atoms with Crippen LogP contribution in [-0.2, 0) is 14.6 Å². The zero-order chi connectivity index (χ0) is 18.1. The van der Waals surface area contributed by atoms with Gasteiger partial charge in [-0.05, 0) is 31.6 Å². The highest BCUT2D eigenvalue weighted by Gasteiger charge is 2.49. The Balaban J connectivity index is 1.78. The molecular formula is C21H34O4. The smallest absolute Gasteiger partial charge is 0.303 e. The van der Waals surface area contributed by atoms with Crippen molar-refractivity contribution in [3.8, 4) is 0 Å². The average Bonchev–Trinajstić information content (AvgIpc) is 3.17. The number of carbonyl (C=O) groups is 1. The summed E-state index contributed by atoms with van der Waals surface area (Å²) in [5, 5.41) is 8.66. The van der Waals surface area contributed by atoms with Gasteiger partial charge in [0.25, 0.3) is 0 Å².